The van der Waals surface area contributed by atoms with Gasteiger partial charge in [-0.15, -0.1) is 0 Å². The van der Waals surface area contributed by atoms with E-state index in [2.05, 4.69) is 10.3 Å². The SMILES string of the molecule is COc1cccnc1S[C@@H]1O[C@H](CO)[C@@H](O)[C@H](O)[C@H]1NC(C)=O. The van der Waals surface area contributed by atoms with Crippen molar-refractivity contribution in [1.29, 1.82) is 0 Å². The molecule has 1 aromatic rings. The second kappa shape index (κ2) is 7.93. The molecule has 0 aliphatic carbocycles. The Morgan fingerprint density at radius 3 is 2.83 bits per heavy atom. The first-order chi connectivity index (χ1) is 11.0. The summed E-state index contributed by atoms with van der Waals surface area (Å²) in [4.78, 5) is 15.6. The van der Waals surface area contributed by atoms with Gasteiger partial charge in [0.1, 0.15) is 28.8 Å². The molecule has 0 aromatic carbocycles. The fourth-order valence-corrected chi connectivity index (χ4v) is 3.48. The van der Waals surface area contributed by atoms with Crippen LogP contribution in [0.1, 0.15) is 6.92 Å². The van der Waals surface area contributed by atoms with Crippen LogP contribution in [0.25, 0.3) is 0 Å². The first-order valence-electron chi connectivity index (χ1n) is 7.03. The van der Waals surface area contributed by atoms with Crippen LogP contribution in [0.4, 0.5) is 0 Å². The Labute approximate surface area is 137 Å². The van der Waals surface area contributed by atoms with Crippen LogP contribution >= 0.6 is 11.8 Å². The van der Waals surface area contributed by atoms with Gasteiger partial charge in [-0.2, -0.15) is 0 Å². The molecule has 0 bridgehead atoms. The summed E-state index contributed by atoms with van der Waals surface area (Å²) in [7, 11) is 1.50. The fraction of sp³-hybridized carbons (Fsp3) is 0.571. The number of aromatic nitrogens is 1. The van der Waals surface area contributed by atoms with Crippen LogP contribution in [0.15, 0.2) is 23.4 Å². The van der Waals surface area contributed by atoms with E-state index in [0.717, 1.165) is 11.8 Å². The molecule has 1 saturated heterocycles. The van der Waals surface area contributed by atoms with Crippen LogP contribution in [0.2, 0.25) is 0 Å². The van der Waals surface area contributed by atoms with Gasteiger partial charge in [-0.25, -0.2) is 4.98 Å². The van der Waals surface area contributed by atoms with Crippen LogP contribution < -0.4 is 10.1 Å². The summed E-state index contributed by atoms with van der Waals surface area (Å²) in [5.41, 5.74) is -0.752. The highest BCUT2D eigenvalue weighted by Crippen LogP contribution is 2.36. The maximum absolute atomic E-state index is 11.4. The Bertz CT molecular complexity index is 546. The molecule has 1 aromatic heterocycles. The minimum Gasteiger partial charge on any atom is -0.494 e. The summed E-state index contributed by atoms with van der Waals surface area (Å²) in [6.45, 7) is 0.849. The third kappa shape index (κ3) is 4.12. The van der Waals surface area contributed by atoms with Gasteiger partial charge in [0.05, 0.1) is 19.8 Å². The van der Waals surface area contributed by atoms with Crippen molar-refractivity contribution in [2.24, 2.45) is 0 Å². The normalized spacial score (nSPS) is 30.7. The minimum atomic E-state index is -1.31. The van der Waals surface area contributed by atoms with Crippen molar-refractivity contribution < 1.29 is 29.6 Å². The Balaban J connectivity index is 2.25. The number of aliphatic hydroxyl groups is 3. The minimum absolute atomic E-state index is 0.370. The van der Waals surface area contributed by atoms with Crippen molar-refractivity contribution in [3.8, 4) is 5.75 Å². The molecule has 23 heavy (non-hydrogen) atoms. The van der Waals surface area contributed by atoms with E-state index in [1.54, 1.807) is 18.3 Å². The van der Waals surface area contributed by atoms with Gasteiger partial charge in [0.2, 0.25) is 5.91 Å². The van der Waals surface area contributed by atoms with Crippen LogP contribution in [0, 0.1) is 0 Å². The predicted molar refractivity (Wildman–Crippen MR) is 82.0 cm³/mol. The molecule has 1 aliphatic heterocycles. The van der Waals surface area contributed by atoms with E-state index in [4.69, 9.17) is 9.47 Å². The molecule has 1 fully saturated rings. The van der Waals surface area contributed by atoms with Crippen LogP contribution in [-0.2, 0) is 9.53 Å². The number of pyridine rings is 1. The molecule has 2 rings (SSSR count). The quantitative estimate of drug-likeness (QED) is 0.544. The Morgan fingerprint density at radius 1 is 1.48 bits per heavy atom. The average Bonchev–Trinajstić information content (AvgIpc) is 2.54. The van der Waals surface area contributed by atoms with Crippen LogP contribution in [0.3, 0.4) is 0 Å². The molecule has 2 heterocycles. The number of hydrogen-bond acceptors (Lipinski definition) is 8. The average molecular weight is 344 g/mol. The van der Waals surface area contributed by atoms with E-state index in [0.29, 0.717) is 10.8 Å². The summed E-state index contributed by atoms with van der Waals surface area (Å²) in [6, 6.07) is 2.58. The van der Waals surface area contributed by atoms with E-state index < -0.39 is 36.4 Å². The monoisotopic (exact) mass is 344 g/mol. The topological polar surface area (TPSA) is 121 Å². The third-order valence-electron chi connectivity index (χ3n) is 3.43. The van der Waals surface area contributed by atoms with Gasteiger partial charge >= 0.3 is 0 Å². The third-order valence-corrected chi connectivity index (χ3v) is 4.60. The highest BCUT2D eigenvalue weighted by molar-refractivity contribution is 7.99. The van der Waals surface area contributed by atoms with Crippen molar-refractivity contribution in [2.45, 2.75) is 41.7 Å². The van der Waals surface area contributed by atoms with Crippen molar-refractivity contribution in [1.82, 2.24) is 10.3 Å². The maximum atomic E-state index is 11.4. The number of carbonyl (C=O) groups excluding carboxylic acids is 1. The zero-order chi connectivity index (χ0) is 17.0. The summed E-state index contributed by atoms with van der Waals surface area (Å²) in [6.07, 6.45) is -1.96. The molecular formula is C14H20N2O6S. The zero-order valence-corrected chi connectivity index (χ0v) is 13.6. The summed E-state index contributed by atoms with van der Waals surface area (Å²) >= 11 is 1.14. The molecule has 9 heteroatoms. The largest absolute Gasteiger partial charge is 0.494 e. The van der Waals surface area contributed by atoms with Gasteiger partial charge in [-0.1, -0.05) is 11.8 Å². The van der Waals surface area contributed by atoms with Crippen molar-refractivity contribution >= 4 is 17.7 Å². The number of aliphatic hydroxyl groups excluding tert-OH is 3. The van der Waals surface area contributed by atoms with Gasteiger partial charge in [-0.3, -0.25) is 4.79 Å². The number of ether oxygens (including phenoxy) is 2. The van der Waals surface area contributed by atoms with Gasteiger partial charge in [0, 0.05) is 13.1 Å². The van der Waals surface area contributed by atoms with E-state index in [-0.39, 0.29) is 5.91 Å². The summed E-state index contributed by atoms with van der Waals surface area (Å²) in [5.74, 6) is 0.148. The second-order valence-corrected chi connectivity index (χ2v) is 6.15. The van der Waals surface area contributed by atoms with Gasteiger partial charge in [-0.05, 0) is 12.1 Å². The number of nitrogens with zero attached hydrogens (tertiary/aromatic N) is 1. The highest BCUT2D eigenvalue weighted by Gasteiger charge is 2.45. The molecule has 0 spiro atoms. The van der Waals surface area contributed by atoms with Crippen molar-refractivity contribution in [3.05, 3.63) is 18.3 Å². The number of methoxy groups -OCH3 is 1. The Hall–Kier alpha value is -1.39. The Kier molecular flexibility index (Phi) is 6.19. The fourth-order valence-electron chi connectivity index (χ4n) is 2.30. The molecule has 5 atom stereocenters. The maximum Gasteiger partial charge on any atom is 0.217 e. The first kappa shape index (κ1) is 18.0. The lowest BCUT2D eigenvalue weighted by Gasteiger charge is -2.42. The number of thioether (sulfide) groups is 1. The summed E-state index contributed by atoms with van der Waals surface area (Å²) in [5, 5.41) is 32.6. The number of hydrogen-bond donors (Lipinski definition) is 4. The zero-order valence-electron chi connectivity index (χ0n) is 12.7. The van der Waals surface area contributed by atoms with Crippen molar-refractivity contribution in [2.75, 3.05) is 13.7 Å². The number of amides is 1. The lowest BCUT2D eigenvalue weighted by Crippen LogP contribution is -2.63. The van der Waals surface area contributed by atoms with E-state index in [1.165, 1.54) is 14.0 Å². The van der Waals surface area contributed by atoms with Crippen molar-refractivity contribution in [3.63, 3.8) is 0 Å². The van der Waals surface area contributed by atoms with E-state index in [1.807, 2.05) is 0 Å². The highest BCUT2D eigenvalue weighted by atomic mass is 32.2. The molecule has 4 N–H and O–H groups in total. The van der Waals surface area contributed by atoms with Gasteiger partial charge < -0.3 is 30.1 Å². The lowest BCUT2D eigenvalue weighted by molar-refractivity contribution is -0.173. The smallest absolute Gasteiger partial charge is 0.217 e. The molecule has 1 amide bonds. The molecular weight excluding hydrogens is 324 g/mol. The Morgan fingerprint density at radius 2 is 2.22 bits per heavy atom. The standard InChI is InChI=1S/C14H20N2O6S/c1-7(18)16-10-12(20)11(19)9(6-17)22-14(10)23-13-8(21-2)4-3-5-15-13/h3-5,9-12,14,17,19-20H,6H2,1-2H3,(H,16,18)/t9-,10-,11-,12-,14+/m1/s1. The number of nitrogens with one attached hydrogen (secondary N) is 1. The van der Waals surface area contributed by atoms with Gasteiger partial charge in [0.25, 0.3) is 0 Å². The summed E-state index contributed by atoms with van der Waals surface area (Å²) < 4.78 is 10.8. The molecule has 8 nitrogen and oxygen atoms in total. The number of rotatable bonds is 5. The molecule has 0 saturated carbocycles. The van der Waals surface area contributed by atoms with E-state index >= 15 is 0 Å². The lowest BCUT2D eigenvalue weighted by atomic mass is 9.98. The van der Waals surface area contributed by atoms with Gasteiger partial charge in [0.15, 0.2) is 5.75 Å². The van der Waals surface area contributed by atoms with Crippen LogP contribution in [-0.4, -0.2) is 69.7 Å². The molecule has 0 radical (unpaired) electrons. The molecule has 1 aliphatic rings. The van der Waals surface area contributed by atoms with Crippen LogP contribution in [0.5, 0.6) is 5.75 Å². The predicted octanol–water partition coefficient (Wildman–Crippen LogP) is -0.874. The number of carbonyl (C=O) groups is 1. The molecule has 0 unspecified atom stereocenters. The second-order valence-electron chi connectivity index (χ2n) is 5.06. The molecule has 128 valence electrons. The first-order valence-corrected chi connectivity index (χ1v) is 7.91. The van der Waals surface area contributed by atoms with E-state index in [9.17, 15) is 20.1 Å².